The molecule has 2 fully saturated rings. The Kier molecular flexibility index (Phi) is 3.02. The highest BCUT2D eigenvalue weighted by atomic mass is 16.6. The maximum atomic E-state index is 11.4. The van der Waals surface area contributed by atoms with Crippen LogP contribution in [0.5, 0.6) is 0 Å². The van der Waals surface area contributed by atoms with E-state index in [4.69, 9.17) is 9.84 Å². The van der Waals surface area contributed by atoms with E-state index in [1.54, 1.807) is 0 Å². The molecule has 1 amide bonds. The van der Waals surface area contributed by atoms with E-state index >= 15 is 0 Å². The van der Waals surface area contributed by atoms with Crippen LogP contribution in [0, 0.1) is 0 Å². The number of cyclic esters (lactones) is 1. The normalized spacial score (nSPS) is 43.1. The summed E-state index contributed by atoms with van der Waals surface area (Å²) >= 11 is 0. The lowest BCUT2D eigenvalue weighted by Gasteiger charge is -2.44. The highest BCUT2D eigenvalue weighted by molar-refractivity contribution is 5.71. The lowest BCUT2D eigenvalue weighted by Crippen LogP contribution is -2.65. The first kappa shape index (κ1) is 11.6. The highest BCUT2D eigenvalue weighted by Gasteiger charge is 2.53. The molecule has 4 N–H and O–H groups in total. The molecule has 0 spiro atoms. The minimum absolute atomic E-state index is 0.00823. The number of aliphatic hydroxyl groups is 4. The van der Waals surface area contributed by atoms with E-state index in [0.29, 0.717) is 0 Å². The number of piperidine rings is 1. The Labute approximate surface area is 91.9 Å². The Balaban J connectivity index is 2.25. The van der Waals surface area contributed by atoms with Crippen molar-refractivity contribution in [3.05, 3.63) is 0 Å². The second-order valence-electron chi connectivity index (χ2n) is 4.10. The molecule has 16 heavy (non-hydrogen) atoms. The zero-order valence-corrected chi connectivity index (χ0v) is 8.56. The Morgan fingerprint density at radius 3 is 2.56 bits per heavy atom. The Morgan fingerprint density at radius 2 is 1.94 bits per heavy atom. The number of rotatable bonds is 2. The monoisotopic (exact) mass is 233 g/mol. The number of hydrogen-bond acceptors (Lipinski definition) is 6. The third kappa shape index (κ3) is 1.56. The van der Waals surface area contributed by atoms with Gasteiger partial charge in [0.1, 0.15) is 24.9 Å². The minimum Gasteiger partial charge on any atom is -0.447 e. The second-order valence-corrected chi connectivity index (χ2v) is 4.10. The molecule has 0 aromatic heterocycles. The van der Waals surface area contributed by atoms with Crippen LogP contribution in [0.2, 0.25) is 0 Å². The van der Waals surface area contributed by atoms with Crippen LogP contribution >= 0.6 is 0 Å². The Bertz CT molecular complexity index is 285. The van der Waals surface area contributed by atoms with E-state index in [1.807, 2.05) is 0 Å². The molecule has 2 aliphatic rings. The fourth-order valence-corrected chi connectivity index (χ4v) is 2.36. The molecule has 2 heterocycles. The van der Waals surface area contributed by atoms with Crippen LogP contribution in [0.15, 0.2) is 0 Å². The quantitative estimate of drug-likeness (QED) is 0.425. The van der Waals surface area contributed by atoms with E-state index in [-0.39, 0.29) is 19.6 Å². The summed E-state index contributed by atoms with van der Waals surface area (Å²) in [4.78, 5) is 12.6. The SMILES string of the molecule is O=C1OC[C@@H]2[C@H](O)[C@@H](O)[C@@H](O)[C@@H](CCO)N12. The van der Waals surface area contributed by atoms with Gasteiger partial charge in [-0.15, -0.1) is 0 Å². The molecule has 5 atom stereocenters. The maximum absolute atomic E-state index is 11.4. The fourth-order valence-electron chi connectivity index (χ4n) is 2.36. The van der Waals surface area contributed by atoms with Gasteiger partial charge in [-0.1, -0.05) is 0 Å². The number of nitrogens with zero attached hydrogens (tertiary/aromatic N) is 1. The number of carbonyl (C=O) groups is 1. The van der Waals surface area contributed by atoms with Crippen LogP contribution in [0.3, 0.4) is 0 Å². The predicted octanol–water partition coefficient (Wildman–Crippen LogP) is -2.35. The Hall–Kier alpha value is -0.890. The molecule has 0 radical (unpaired) electrons. The van der Waals surface area contributed by atoms with E-state index < -0.39 is 36.5 Å². The summed E-state index contributed by atoms with van der Waals surface area (Å²) in [6, 6.07) is -1.37. The van der Waals surface area contributed by atoms with Crippen molar-refractivity contribution in [3.8, 4) is 0 Å². The first-order chi connectivity index (χ1) is 7.57. The highest BCUT2D eigenvalue weighted by Crippen LogP contribution is 2.30. The van der Waals surface area contributed by atoms with Gasteiger partial charge in [0, 0.05) is 6.61 Å². The van der Waals surface area contributed by atoms with Crippen LogP contribution < -0.4 is 0 Å². The maximum Gasteiger partial charge on any atom is 0.410 e. The summed E-state index contributed by atoms with van der Waals surface area (Å²) in [5.74, 6) is 0. The van der Waals surface area contributed by atoms with Gasteiger partial charge >= 0.3 is 6.09 Å². The topological polar surface area (TPSA) is 110 Å². The number of hydrogen-bond donors (Lipinski definition) is 4. The number of amides is 1. The van der Waals surface area contributed by atoms with Crippen LogP contribution in [0.25, 0.3) is 0 Å². The van der Waals surface area contributed by atoms with Gasteiger partial charge in [0.05, 0.1) is 12.1 Å². The molecule has 0 saturated carbocycles. The molecule has 2 aliphatic heterocycles. The lowest BCUT2D eigenvalue weighted by molar-refractivity contribution is -0.144. The molecule has 7 nitrogen and oxygen atoms in total. The third-order valence-electron chi connectivity index (χ3n) is 3.22. The van der Waals surface area contributed by atoms with Crippen molar-refractivity contribution in [1.82, 2.24) is 4.90 Å². The van der Waals surface area contributed by atoms with Gasteiger partial charge in [-0.2, -0.15) is 0 Å². The third-order valence-corrected chi connectivity index (χ3v) is 3.22. The Morgan fingerprint density at radius 1 is 1.25 bits per heavy atom. The zero-order chi connectivity index (χ0) is 11.9. The van der Waals surface area contributed by atoms with Crippen LogP contribution in [-0.4, -0.2) is 75.0 Å². The average Bonchev–Trinajstić information content (AvgIpc) is 2.64. The molecular formula is C9H15NO6. The van der Waals surface area contributed by atoms with Crippen molar-refractivity contribution in [2.45, 2.75) is 36.8 Å². The first-order valence-electron chi connectivity index (χ1n) is 5.18. The molecular weight excluding hydrogens is 218 g/mol. The van der Waals surface area contributed by atoms with Gasteiger partial charge < -0.3 is 25.2 Å². The molecule has 7 heteroatoms. The minimum atomic E-state index is -1.33. The van der Waals surface area contributed by atoms with Gasteiger partial charge in [-0.3, -0.25) is 4.90 Å². The van der Waals surface area contributed by atoms with E-state index in [9.17, 15) is 20.1 Å². The largest absolute Gasteiger partial charge is 0.447 e. The van der Waals surface area contributed by atoms with Crippen molar-refractivity contribution in [2.75, 3.05) is 13.2 Å². The predicted molar refractivity (Wildman–Crippen MR) is 50.5 cm³/mol. The van der Waals surface area contributed by atoms with Crippen molar-refractivity contribution in [2.24, 2.45) is 0 Å². The summed E-state index contributed by atoms with van der Waals surface area (Å²) in [5, 5.41) is 37.9. The average molecular weight is 233 g/mol. The zero-order valence-electron chi connectivity index (χ0n) is 8.56. The molecule has 2 rings (SSSR count). The summed E-state index contributed by atoms with van der Waals surface area (Å²) in [6.45, 7) is -0.229. The van der Waals surface area contributed by atoms with E-state index in [1.165, 1.54) is 4.90 Å². The summed E-state index contributed by atoms with van der Waals surface area (Å²) < 4.78 is 4.77. The molecule has 2 saturated heterocycles. The lowest BCUT2D eigenvalue weighted by atomic mass is 9.87. The van der Waals surface area contributed by atoms with Gasteiger partial charge in [0.2, 0.25) is 0 Å². The van der Waals surface area contributed by atoms with Gasteiger partial charge in [-0.05, 0) is 6.42 Å². The molecule has 0 aliphatic carbocycles. The van der Waals surface area contributed by atoms with Crippen LogP contribution in [-0.2, 0) is 4.74 Å². The van der Waals surface area contributed by atoms with Gasteiger partial charge in [0.25, 0.3) is 0 Å². The number of aliphatic hydroxyl groups excluding tert-OH is 4. The van der Waals surface area contributed by atoms with Crippen molar-refractivity contribution >= 4 is 6.09 Å². The summed E-state index contributed by atoms with van der Waals surface area (Å²) in [6.07, 6.45) is -4.32. The van der Waals surface area contributed by atoms with Gasteiger partial charge in [-0.25, -0.2) is 4.79 Å². The fraction of sp³-hybridized carbons (Fsp3) is 0.889. The standard InChI is InChI=1S/C9H15NO6/c11-2-1-4-6(12)8(14)7(13)5-3-16-9(15)10(4)5/h4-8,11-14H,1-3H2/t4-,5-,6+,7+,8+/m1/s1. The molecule has 0 aromatic carbocycles. The molecule has 0 bridgehead atoms. The van der Waals surface area contributed by atoms with E-state index in [2.05, 4.69) is 0 Å². The first-order valence-corrected chi connectivity index (χ1v) is 5.18. The summed E-state index contributed by atoms with van der Waals surface area (Å²) in [5.41, 5.74) is 0. The van der Waals surface area contributed by atoms with Crippen LogP contribution in [0.4, 0.5) is 4.79 Å². The number of fused-ring (bicyclic) bond motifs is 1. The van der Waals surface area contributed by atoms with Gasteiger partial charge in [0.15, 0.2) is 0 Å². The smallest absolute Gasteiger partial charge is 0.410 e. The number of ether oxygens (including phenoxy) is 1. The van der Waals surface area contributed by atoms with Crippen molar-refractivity contribution in [1.29, 1.82) is 0 Å². The molecule has 0 unspecified atom stereocenters. The van der Waals surface area contributed by atoms with Crippen LogP contribution in [0.1, 0.15) is 6.42 Å². The number of carbonyl (C=O) groups excluding carboxylic acids is 1. The molecule has 92 valence electrons. The van der Waals surface area contributed by atoms with Crippen molar-refractivity contribution < 1.29 is 30.0 Å². The second kappa shape index (κ2) is 4.17. The molecule has 0 aromatic rings. The van der Waals surface area contributed by atoms with Crippen molar-refractivity contribution in [3.63, 3.8) is 0 Å². The van der Waals surface area contributed by atoms with E-state index in [0.717, 1.165) is 0 Å². The summed E-state index contributed by atoms with van der Waals surface area (Å²) in [7, 11) is 0.